The molecule has 0 aliphatic rings. The van der Waals surface area contributed by atoms with Gasteiger partial charge in [0.1, 0.15) is 11.6 Å². The van der Waals surface area contributed by atoms with E-state index in [0.717, 1.165) is 27.6 Å². The topological polar surface area (TPSA) is 84.1 Å². The lowest BCUT2D eigenvalue weighted by Gasteiger charge is -2.05. The summed E-state index contributed by atoms with van der Waals surface area (Å²) < 4.78 is 5.48. The molecule has 0 saturated heterocycles. The zero-order valence-electron chi connectivity index (χ0n) is 17.0. The number of pyridine rings is 1. The SMILES string of the molecule is CC(=O)Nc1cc(/C=C/c2ccc(OC(=O)Cc3c[nH]c4ccccc34)cc2)ccn1. The molecule has 2 heterocycles. The van der Waals surface area contributed by atoms with Gasteiger partial charge in [-0.2, -0.15) is 0 Å². The van der Waals surface area contributed by atoms with E-state index in [0.29, 0.717) is 11.6 Å². The van der Waals surface area contributed by atoms with E-state index in [2.05, 4.69) is 15.3 Å². The predicted octanol–water partition coefficient (Wildman–Crippen LogP) is 4.84. The van der Waals surface area contributed by atoms with Crippen molar-refractivity contribution in [2.75, 3.05) is 5.32 Å². The number of esters is 1. The molecule has 154 valence electrons. The van der Waals surface area contributed by atoms with E-state index < -0.39 is 0 Å². The average molecular weight is 411 g/mol. The number of carbonyl (C=O) groups excluding carboxylic acids is 2. The second kappa shape index (κ2) is 9.09. The van der Waals surface area contributed by atoms with Gasteiger partial charge in [-0.3, -0.25) is 9.59 Å². The van der Waals surface area contributed by atoms with Gasteiger partial charge in [0.25, 0.3) is 0 Å². The van der Waals surface area contributed by atoms with Gasteiger partial charge in [0.2, 0.25) is 5.91 Å². The van der Waals surface area contributed by atoms with Crippen LogP contribution in [-0.4, -0.2) is 21.8 Å². The molecule has 2 N–H and O–H groups in total. The number of ether oxygens (including phenoxy) is 1. The fourth-order valence-electron chi connectivity index (χ4n) is 3.24. The van der Waals surface area contributed by atoms with Gasteiger partial charge in [-0.15, -0.1) is 0 Å². The molecule has 0 atom stereocenters. The van der Waals surface area contributed by atoms with Crippen molar-refractivity contribution in [1.29, 1.82) is 0 Å². The van der Waals surface area contributed by atoms with Crippen molar-refractivity contribution in [3.63, 3.8) is 0 Å². The van der Waals surface area contributed by atoms with Crippen LogP contribution in [0.3, 0.4) is 0 Å². The van der Waals surface area contributed by atoms with Crippen LogP contribution in [0.5, 0.6) is 5.75 Å². The van der Waals surface area contributed by atoms with Gasteiger partial charge in [-0.25, -0.2) is 4.98 Å². The molecule has 2 aromatic heterocycles. The van der Waals surface area contributed by atoms with Gasteiger partial charge in [-0.05, 0) is 47.0 Å². The molecule has 0 spiro atoms. The maximum Gasteiger partial charge on any atom is 0.315 e. The summed E-state index contributed by atoms with van der Waals surface area (Å²) in [5.41, 5.74) is 3.78. The highest BCUT2D eigenvalue weighted by molar-refractivity contribution is 5.88. The lowest BCUT2D eigenvalue weighted by Crippen LogP contribution is -2.10. The Kier molecular flexibility index (Phi) is 5.89. The number of nitrogens with one attached hydrogen (secondary N) is 2. The molecular weight excluding hydrogens is 390 g/mol. The molecule has 0 aliphatic carbocycles. The first kappa shape index (κ1) is 20.1. The molecule has 0 radical (unpaired) electrons. The molecule has 4 aromatic rings. The molecular formula is C25H21N3O3. The van der Waals surface area contributed by atoms with Crippen LogP contribution in [0.15, 0.2) is 73.1 Å². The normalized spacial score (nSPS) is 11.0. The summed E-state index contributed by atoms with van der Waals surface area (Å²) in [6.07, 6.45) is 7.54. The molecule has 0 saturated carbocycles. The molecule has 0 unspecified atom stereocenters. The summed E-state index contributed by atoms with van der Waals surface area (Å²) in [7, 11) is 0. The monoisotopic (exact) mass is 411 g/mol. The minimum absolute atomic E-state index is 0.163. The van der Waals surface area contributed by atoms with E-state index in [1.807, 2.05) is 60.8 Å². The molecule has 6 heteroatoms. The summed E-state index contributed by atoms with van der Waals surface area (Å²) in [5, 5.41) is 3.69. The van der Waals surface area contributed by atoms with Crippen molar-refractivity contribution >= 4 is 40.7 Å². The highest BCUT2D eigenvalue weighted by Crippen LogP contribution is 2.20. The number of H-pyrrole nitrogens is 1. The standard InChI is InChI=1S/C25H21N3O3/c1-17(29)28-24-14-19(12-13-26-24)7-6-18-8-10-21(11-9-18)31-25(30)15-20-16-27-23-5-3-2-4-22(20)23/h2-14,16,27H,15H2,1H3,(H,26,28,29)/b7-6+. The Bertz CT molecular complexity index is 1260. The number of hydrogen-bond donors (Lipinski definition) is 2. The van der Waals surface area contributed by atoms with Crippen molar-refractivity contribution < 1.29 is 14.3 Å². The predicted molar refractivity (Wildman–Crippen MR) is 122 cm³/mol. The maximum absolute atomic E-state index is 12.3. The number of aromatic amines is 1. The number of rotatable bonds is 6. The van der Waals surface area contributed by atoms with Gasteiger partial charge in [0.05, 0.1) is 6.42 Å². The van der Waals surface area contributed by atoms with Crippen LogP contribution < -0.4 is 10.1 Å². The average Bonchev–Trinajstić information content (AvgIpc) is 3.16. The first-order valence-corrected chi connectivity index (χ1v) is 9.84. The van der Waals surface area contributed by atoms with Gasteiger partial charge < -0.3 is 15.0 Å². The fraction of sp³-hybridized carbons (Fsp3) is 0.0800. The molecule has 0 fully saturated rings. The van der Waals surface area contributed by atoms with Crippen molar-refractivity contribution in [2.24, 2.45) is 0 Å². The number of carbonyl (C=O) groups is 2. The molecule has 0 aliphatic heterocycles. The summed E-state index contributed by atoms with van der Waals surface area (Å²) in [5.74, 6) is 0.532. The Balaban J connectivity index is 1.37. The smallest absolute Gasteiger partial charge is 0.315 e. The van der Waals surface area contributed by atoms with Crippen LogP contribution >= 0.6 is 0 Å². The maximum atomic E-state index is 12.3. The van der Waals surface area contributed by atoms with Gasteiger partial charge in [-0.1, -0.05) is 42.5 Å². The van der Waals surface area contributed by atoms with E-state index in [1.165, 1.54) is 6.92 Å². The zero-order chi connectivity index (χ0) is 21.6. The summed E-state index contributed by atoms with van der Waals surface area (Å²) >= 11 is 0. The van der Waals surface area contributed by atoms with Crippen molar-refractivity contribution in [3.05, 3.63) is 89.7 Å². The van der Waals surface area contributed by atoms with Crippen LogP contribution in [0.2, 0.25) is 0 Å². The Morgan fingerprint density at radius 3 is 2.61 bits per heavy atom. The van der Waals surface area contributed by atoms with E-state index in [9.17, 15) is 9.59 Å². The van der Waals surface area contributed by atoms with E-state index >= 15 is 0 Å². The first-order chi connectivity index (χ1) is 15.1. The Labute approximate surface area is 179 Å². The van der Waals surface area contributed by atoms with Gasteiger partial charge in [0, 0.05) is 30.2 Å². The number of anilines is 1. The van der Waals surface area contributed by atoms with Gasteiger partial charge in [0.15, 0.2) is 0 Å². The summed E-state index contributed by atoms with van der Waals surface area (Å²) in [6, 6.07) is 18.8. The highest BCUT2D eigenvalue weighted by atomic mass is 16.5. The summed E-state index contributed by atoms with van der Waals surface area (Å²) in [4.78, 5) is 30.8. The molecule has 1 amide bonds. The lowest BCUT2D eigenvalue weighted by atomic mass is 10.1. The van der Waals surface area contributed by atoms with E-state index in [1.54, 1.807) is 24.4 Å². The lowest BCUT2D eigenvalue weighted by molar-refractivity contribution is -0.133. The van der Waals surface area contributed by atoms with E-state index in [-0.39, 0.29) is 18.3 Å². The third-order valence-electron chi connectivity index (χ3n) is 4.68. The van der Waals surface area contributed by atoms with Crippen molar-refractivity contribution in [2.45, 2.75) is 13.3 Å². The number of hydrogen-bond acceptors (Lipinski definition) is 4. The van der Waals surface area contributed by atoms with Gasteiger partial charge >= 0.3 is 5.97 Å². The molecule has 31 heavy (non-hydrogen) atoms. The highest BCUT2D eigenvalue weighted by Gasteiger charge is 2.10. The number of aromatic nitrogens is 2. The minimum atomic E-state index is -0.310. The largest absolute Gasteiger partial charge is 0.426 e. The third-order valence-corrected chi connectivity index (χ3v) is 4.68. The summed E-state index contributed by atoms with van der Waals surface area (Å²) in [6.45, 7) is 1.44. The number of benzene rings is 2. The number of fused-ring (bicyclic) bond motifs is 1. The van der Waals surface area contributed by atoms with Crippen LogP contribution in [0.25, 0.3) is 23.1 Å². The fourth-order valence-corrected chi connectivity index (χ4v) is 3.24. The van der Waals surface area contributed by atoms with Crippen LogP contribution in [0.4, 0.5) is 5.82 Å². The quantitative estimate of drug-likeness (QED) is 0.351. The first-order valence-electron chi connectivity index (χ1n) is 9.84. The molecule has 6 nitrogen and oxygen atoms in total. The van der Waals surface area contributed by atoms with Crippen LogP contribution in [0.1, 0.15) is 23.6 Å². The second-order valence-electron chi connectivity index (χ2n) is 7.07. The Morgan fingerprint density at radius 1 is 1.03 bits per heavy atom. The third kappa shape index (κ3) is 5.25. The molecule has 2 aromatic carbocycles. The zero-order valence-corrected chi connectivity index (χ0v) is 17.0. The number of nitrogens with zero attached hydrogens (tertiary/aromatic N) is 1. The van der Waals surface area contributed by atoms with Crippen LogP contribution in [0, 0.1) is 0 Å². The molecule has 4 rings (SSSR count). The van der Waals surface area contributed by atoms with Crippen molar-refractivity contribution in [3.8, 4) is 5.75 Å². The second-order valence-corrected chi connectivity index (χ2v) is 7.07. The number of amides is 1. The number of para-hydroxylation sites is 1. The van der Waals surface area contributed by atoms with E-state index in [4.69, 9.17) is 4.74 Å². The molecule has 0 bridgehead atoms. The van der Waals surface area contributed by atoms with Crippen LogP contribution in [-0.2, 0) is 16.0 Å². The van der Waals surface area contributed by atoms with Crippen molar-refractivity contribution in [1.82, 2.24) is 9.97 Å². The Hall–Kier alpha value is -4.19. The Morgan fingerprint density at radius 2 is 1.81 bits per heavy atom. The minimum Gasteiger partial charge on any atom is -0.426 e.